The van der Waals surface area contributed by atoms with Gasteiger partial charge in [-0.1, -0.05) is 13.8 Å². The number of nitrogens with two attached hydrogens (primary N) is 1. The van der Waals surface area contributed by atoms with Crippen LogP contribution in [-0.2, 0) is 4.74 Å². The molecule has 2 N–H and O–H groups in total. The van der Waals surface area contributed by atoms with Crippen LogP contribution in [0, 0.1) is 5.41 Å². The van der Waals surface area contributed by atoms with Crippen LogP contribution in [0.2, 0.25) is 0 Å². The van der Waals surface area contributed by atoms with E-state index in [1.165, 1.54) is 38.5 Å². The maximum Gasteiger partial charge on any atom is 0.0702 e. The number of hydrogen-bond donors (Lipinski definition) is 1. The van der Waals surface area contributed by atoms with Gasteiger partial charge in [0.2, 0.25) is 0 Å². The van der Waals surface area contributed by atoms with Crippen LogP contribution in [-0.4, -0.2) is 43.3 Å². The maximum absolute atomic E-state index is 6.11. The second-order valence-corrected chi connectivity index (χ2v) is 7.14. The monoisotopic (exact) mass is 254 g/mol. The van der Waals surface area contributed by atoms with Crippen molar-refractivity contribution < 1.29 is 4.74 Å². The average Bonchev–Trinajstić information content (AvgIpc) is 2.68. The topological polar surface area (TPSA) is 38.5 Å². The fraction of sp³-hybridized carbons (Fsp3) is 1.00. The average molecular weight is 254 g/mol. The maximum atomic E-state index is 6.11. The van der Waals surface area contributed by atoms with Gasteiger partial charge in [-0.2, -0.15) is 0 Å². The van der Waals surface area contributed by atoms with Crippen LogP contribution >= 0.6 is 0 Å². The Hall–Kier alpha value is -0.120. The Labute approximate surface area is 112 Å². The van der Waals surface area contributed by atoms with Gasteiger partial charge in [-0.15, -0.1) is 0 Å². The van der Waals surface area contributed by atoms with Crippen LogP contribution in [0.5, 0.6) is 0 Å². The Bertz CT molecular complexity index is 274. The molecule has 0 aromatic carbocycles. The molecule has 0 aromatic rings. The summed E-state index contributed by atoms with van der Waals surface area (Å²) in [7, 11) is 2.24. The van der Waals surface area contributed by atoms with Crippen molar-refractivity contribution in [2.24, 2.45) is 11.1 Å². The first-order valence-electron chi connectivity index (χ1n) is 7.50. The molecule has 1 aliphatic carbocycles. The van der Waals surface area contributed by atoms with Crippen molar-refractivity contribution in [3.63, 3.8) is 0 Å². The predicted molar refractivity (Wildman–Crippen MR) is 75.6 cm³/mol. The molecule has 2 unspecified atom stereocenters. The van der Waals surface area contributed by atoms with Gasteiger partial charge in [0.15, 0.2) is 0 Å². The van der Waals surface area contributed by atoms with Crippen LogP contribution in [0.15, 0.2) is 0 Å². The Morgan fingerprint density at radius 3 is 2.56 bits per heavy atom. The van der Waals surface area contributed by atoms with Gasteiger partial charge in [0.05, 0.1) is 6.10 Å². The Balaban J connectivity index is 1.95. The first kappa shape index (κ1) is 14.3. The van der Waals surface area contributed by atoms with Crippen molar-refractivity contribution in [2.75, 3.05) is 26.7 Å². The Morgan fingerprint density at radius 2 is 2.06 bits per heavy atom. The lowest BCUT2D eigenvalue weighted by Crippen LogP contribution is -2.53. The summed E-state index contributed by atoms with van der Waals surface area (Å²) in [5.74, 6) is 0. The van der Waals surface area contributed by atoms with E-state index in [1.54, 1.807) is 0 Å². The summed E-state index contributed by atoms with van der Waals surface area (Å²) in [4.78, 5) is 2.50. The molecule has 2 fully saturated rings. The van der Waals surface area contributed by atoms with E-state index in [2.05, 4.69) is 25.8 Å². The summed E-state index contributed by atoms with van der Waals surface area (Å²) in [5.41, 5.74) is 6.77. The third-order valence-electron chi connectivity index (χ3n) is 5.02. The van der Waals surface area contributed by atoms with E-state index in [9.17, 15) is 0 Å². The van der Waals surface area contributed by atoms with Crippen molar-refractivity contribution in [2.45, 2.75) is 64.0 Å². The summed E-state index contributed by atoms with van der Waals surface area (Å²) in [6, 6.07) is 0. The van der Waals surface area contributed by atoms with E-state index >= 15 is 0 Å². The van der Waals surface area contributed by atoms with Gasteiger partial charge < -0.3 is 10.5 Å². The molecule has 0 amide bonds. The molecule has 3 nitrogen and oxygen atoms in total. The van der Waals surface area contributed by atoms with Crippen molar-refractivity contribution in [1.29, 1.82) is 0 Å². The fourth-order valence-corrected chi connectivity index (χ4v) is 3.75. The molecule has 2 rings (SSSR count). The van der Waals surface area contributed by atoms with E-state index < -0.39 is 0 Å². The molecule has 2 aliphatic rings. The van der Waals surface area contributed by atoms with Crippen molar-refractivity contribution in [3.8, 4) is 0 Å². The van der Waals surface area contributed by atoms with Crippen LogP contribution in [0.25, 0.3) is 0 Å². The molecular formula is C15H30N2O. The smallest absolute Gasteiger partial charge is 0.0702 e. The third kappa shape index (κ3) is 3.06. The van der Waals surface area contributed by atoms with E-state index in [4.69, 9.17) is 10.5 Å². The molecule has 0 spiro atoms. The zero-order chi connectivity index (χ0) is 13.2. The van der Waals surface area contributed by atoms with E-state index in [1.807, 2.05) is 0 Å². The number of ether oxygens (including phenoxy) is 1. The standard InChI is InChI=1S/C15H30N2O/c1-14(2)7-8-15(11-14,12-16)17(3)10-13-6-4-5-9-18-13/h13H,4-12,16H2,1-3H3. The SMILES string of the molecule is CN(CC1CCCCO1)C1(CN)CCC(C)(C)C1. The summed E-state index contributed by atoms with van der Waals surface area (Å²) in [5, 5.41) is 0. The number of rotatable bonds is 4. The highest BCUT2D eigenvalue weighted by Gasteiger charge is 2.45. The highest BCUT2D eigenvalue weighted by molar-refractivity contribution is 5.01. The fourth-order valence-electron chi connectivity index (χ4n) is 3.75. The van der Waals surface area contributed by atoms with Crippen molar-refractivity contribution in [3.05, 3.63) is 0 Å². The van der Waals surface area contributed by atoms with Crippen molar-refractivity contribution in [1.82, 2.24) is 4.90 Å². The quantitative estimate of drug-likeness (QED) is 0.837. The number of nitrogens with zero attached hydrogens (tertiary/aromatic N) is 1. The summed E-state index contributed by atoms with van der Waals surface area (Å²) >= 11 is 0. The highest BCUT2D eigenvalue weighted by Crippen LogP contribution is 2.45. The van der Waals surface area contributed by atoms with Crippen LogP contribution in [0.4, 0.5) is 0 Å². The van der Waals surface area contributed by atoms with E-state index in [0.29, 0.717) is 11.5 Å². The zero-order valence-corrected chi connectivity index (χ0v) is 12.4. The normalized spacial score (nSPS) is 36.2. The van der Waals surface area contributed by atoms with Crippen molar-refractivity contribution >= 4 is 0 Å². The lowest BCUT2D eigenvalue weighted by Gasteiger charge is -2.41. The van der Waals surface area contributed by atoms with Crippen LogP contribution in [0.1, 0.15) is 52.4 Å². The van der Waals surface area contributed by atoms with Gasteiger partial charge in [-0.25, -0.2) is 0 Å². The van der Waals surface area contributed by atoms with Gasteiger partial charge in [-0.3, -0.25) is 4.90 Å². The molecular weight excluding hydrogens is 224 g/mol. The second kappa shape index (κ2) is 5.48. The molecule has 3 heteroatoms. The van der Waals surface area contributed by atoms with Gasteiger partial charge >= 0.3 is 0 Å². The molecule has 18 heavy (non-hydrogen) atoms. The third-order valence-corrected chi connectivity index (χ3v) is 5.02. The molecule has 106 valence electrons. The van der Waals surface area contributed by atoms with Gasteiger partial charge in [0.25, 0.3) is 0 Å². The number of likely N-dealkylation sites (N-methyl/N-ethyl adjacent to an activating group) is 1. The van der Waals surface area contributed by atoms with Gasteiger partial charge in [0.1, 0.15) is 0 Å². The molecule has 1 heterocycles. The van der Waals surface area contributed by atoms with Crippen LogP contribution < -0.4 is 5.73 Å². The summed E-state index contributed by atoms with van der Waals surface area (Å²) in [6.45, 7) is 7.51. The van der Waals surface area contributed by atoms with Crippen LogP contribution in [0.3, 0.4) is 0 Å². The number of hydrogen-bond acceptors (Lipinski definition) is 3. The lowest BCUT2D eigenvalue weighted by atomic mass is 9.86. The minimum absolute atomic E-state index is 0.213. The Kier molecular flexibility index (Phi) is 4.35. The van der Waals surface area contributed by atoms with E-state index in [0.717, 1.165) is 19.7 Å². The second-order valence-electron chi connectivity index (χ2n) is 7.14. The summed E-state index contributed by atoms with van der Waals surface area (Å²) < 4.78 is 5.87. The first-order valence-corrected chi connectivity index (χ1v) is 7.50. The molecule has 1 aliphatic heterocycles. The van der Waals surface area contributed by atoms with E-state index in [-0.39, 0.29) is 5.54 Å². The molecule has 0 aromatic heterocycles. The summed E-state index contributed by atoms with van der Waals surface area (Å²) in [6.07, 6.45) is 7.94. The highest BCUT2D eigenvalue weighted by atomic mass is 16.5. The predicted octanol–water partition coefficient (Wildman–Crippen LogP) is 2.39. The minimum atomic E-state index is 0.213. The molecule has 1 saturated carbocycles. The first-order chi connectivity index (χ1) is 8.47. The molecule has 2 atom stereocenters. The molecule has 0 bridgehead atoms. The lowest BCUT2D eigenvalue weighted by molar-refractivity contribution is -0.0231. The Morgan fingerprint density at radius 1 is 1.28 bits per heavy atom. The molecule has 1 saturated heterocycles. The van der Waals surface area contributed by atoms with Gasteiger partial charge in [-0.05, 0) is 51.0 Å². The largest absolute Gasteiger partial charge is 0.377 e. The van der Waals surface area contributed by atoms with Gasteiger partial charge in [0, 0.05) is 25.2 Å². The zero-order valence-electron chi connectivity index (χ0n) is 12.4. The molecule has 0 radical (unpaired) electrons. The minimum Gasteiger partial charge on any atom is -0.377 e.